The molecule has 0 spiro atoms. The van der Waals surface area contributed by atoms with Gasteiger partial charge in [-0.15, -0.1) is 0 Å². The number of hydrogen-bond acceptors (Lipinski definition) is 5. The van der Waals surface area contributed by atoms with E-state index in [0.29, 0.717) is 17.1 Å². The lowest BCUT2D eigenvalue weighted by Gasteiger charge is -2.18. The van der Waals surface area contributed by atoms with Crippen LogP contribution >= 0.6 is 0 Å². The molecule has 2 heterocycles. The number of aromatic nitrogens is 1. The Morgan fingerprint density at radius 1 is 1.08 bits per heavy atom. The number of hydrogen-bond donors (Lipinski definition) is 1. The molecule has 0 fully saturated rings. The first-order valence-electron chi connectivity index (χ1n) is 11.9. The van der Waals surface area contributed by atoms with Gasteiger partial charge in [0.15, 0.2) is 5.92 Å². The Morgan fingerprint density at radius 2 is 1.78 bits per heavy atom. The van der Waals surface area contributed by atoms with Crippen LogP contribution in [0.25, 0.3) is 11.1 Å². The van der Waals surface area contributed by atoms with Gasteiger partial charge in [-0.1, -0.05) is 19.1 Å². The maximum absolute atomic E-state index is 14.1. The summed E-state index contributed by atoms with van der Waals surface area (Å²) in [5, 5.41) is 8.13. The first kappa shape index (κ1) is 25.9. The van der Waals surface area contributed by atoms with E-state index in [0.717, 1.165) is 22.5 Å². The number of methoxy groups -OCH3 is 1. The van der Waals surface area contributed by atoms with Gasteiger partial charge in [-0.3, -0.25) is 14.6 Å². The van der Waals surface area contributed by atoms with Crippen molar-refractivity contribution in [1.29, 1.82) is 0 Å². The molecule has 0 bridgehead atoms. The van der Waals surface area contributed by atoms with Crippen LogP contribution in [0.1, 0.15) is 37.2 Å². The number of alkyl halides is 2. The third-order valence-electron chi connectivity index (χ3n) is 6.21. The van der Waals surface area contributed by atoms with Crippen LogP contribution in [-0.4, -0.2) is 29.6 Å². The molecule has 4 rings (SSSR count). The highest BCUT2D eigenvalue weighted by Gasteiger charge is 2.40. The van der Waals surface area contributed by atoms with E-state index in [2.05, 4.69) is 15.4 Å². The number of nitrogens with zero attached hydrogens (tertiary/aromatic N) is 3. The van der Waals surface area contributed by atoms with Crippen LogP contribution in [0, 0.1) is 19.8 Å². The van der Waals surface area contributed by atoms with Gasteiger partial charge >= 0.3 is 0 Å². The molecule has 9 heteroatoms. The number of pyridine rings is 1. The van der Waals surface area contributed by atoms with Crippen LogP contribution < -0.4 is 15.1 Å². The number of ether oxygens (including phenoxy) is 1. The highest BCUT2D eigenvalue weighted by molar-refractivity contribution is 6.28. The summed E-state index contributed by atoms with van der Waals surface area (Å²) in [6.45, 7) is 6.77. The van der Waals surface area contributed by atoms with Crippen molar-refractivity contribution >= 4 is 28.9 Å². The van der Waals surface area contributed by atoms with Crippen molar-refractivity contribution in [2.75, 3.05) is 17.4 Å². The summed E-state index contributed by atoms with van der Waals surface area (Å²) in [6, 6.07) is 14.5. The van der Waals surface area contributed by atoms with E-state index < -0.39 is 23.7 Å². The van der Waals surface area contributed by atoms with Crippen LogP contribution in [0.3, 0.4) is 0 Å². The molecule has 2 aromatic carbocycles. The van der Waals surface area contributed by atoms with Crippen molar-refractivity contribution in [3.05, 3.63) is 71.5 Å². The fraction of sp³-hybridized carbons (Fsp3) is 0.286. The van der Waals surface area contributed by atoms with E-state index in [-0.39, 0.29) is 17.7 Å². The molecule has 1 unspecified atom stereocenters. The minimum absolute atomic E-state index is 0.185. The lowest BCUT2D eigenvalue weighted by Crippen LogP contribution is -2.36. The first-order valence-corrected chi connectivity index (χ1v) is 11.9. The van der Waals surface area contributed by atoms with E-state index in [1.54, 1.807) is 32.2 Å². The van der Waals surface area contributed by atoms with Crippen molar-refractivity contribution < 1.29 is 23.1 Å². The Balaban J connectivity index is 1.61. The summed E-state index contributed by atoms with van der Waals surface area (Å²) < 4.78 is 33.8. The summed E-state index contributed by atoms with van der Waals surface area (Å²) in [5.74, 6) is -4.77. The average Bonchev–Trinajstić information content (AvgIpc) is 3.16. The topological polar surface area (TPSA) is 83.9 Å². The van der Waals surface area contributed by atoms with Crippen molar-refractivity contribution in [3.8, 4) is 16.9 Å². The Labute approximate surface area is 214 Å². The maximum Gasteiger partial charge on any atom is 0.273 e. The second kappa shape index (κ2) is 10.1. The fourth-order valence-electron chi connectivity index (χ4n) is 4.34. The Kier molecular flexibility index (Phi) is 7.07. The monoisotopic (exact) mass is 506 g/mol. The van der Waals surface area contributed by atoms with E-state index in [9.17, 15) is 18.4 Å². The zero-order valence-corrected chi connectivity index (χ0v) is 21.3. The number of benzene rings is 2. The van der Waals surface area contributed by atoms with Gasteiger partial charge in [-0.05, 0) is 68.8 Å². The quantitative estimate of drug-likeness (QED) is 0.407. The average molecular weight is 507 g/mol. The van der Waals surface area contributed by atoms with E-state index in [4.69, 9.17) is 4.74 Å². The molecular formula is C28H28F2N4O3. The summed E-state index contributed by atoms with van der Waals surface area (Å²) in [5.41, 5.74) is 4.04. The highest BCUT2D eigenvalue weighted by atomic mass is 19.3. The number of aryl methyl sites for hydroxylation is 2. The zero-order valence-electron chi connectivity index (χ0n) is 21.3. The number of carbonyl (C=O) groups is 2. The van der Waals surface area contributed by atoms with E-state index in [1.165, 1.54) is 36.2 Å². The summed E-state index contributed by atoms with van der Waals surface area (Å²) in [4.78, 5) is 30.8. The molecule has 37 heavy (non-hydrogen) atoms. The van der Waals surface area contributed by atoms with Crippen LogP contribution in [0.5, 0.6) is 5.75 Å². The van der Waals surface area contributed by atoms with Crippen LogP contribution in [-0.2, 0) is 15.5 Å². The smallest absolute Gasteiger partial charge is 0.273 e. The molecule has 7 nitrogen and oxygen atoms in total. The second-order valence-corrected chi connectivity index (χ2v) is 8.98. The molecule has 1 atom stereocenters. The van der Waals surface area contributed by atoms with Crippen LogP contribution in [0.4, 0.5) is 20.2 Å². The van der Waals surface area contributed by atoms with Gasteiger partial charge in [0.1, 0.15) is 5.75 Å². The van der Waals surface area contributed by atoms with Crippen LogP contribution in [0.15, 0.2) is 59.7 Å². The molecule has 0 saturated heterocycles. The van der Waals surface area contributed by atoms with Gasteiger partial charge in [0.25, 0.3) is 11.8 Å². The maximum atomic E-state index is 14.1. The molecule has 1 aliphatic heterocycles. The molecule has 1 N–H and O–H groups in total. The molecule has 0 saturated carbocycles. The van der Waals surface area contributed by atoms with Crippen molar-refractivity contribution in [2.45, 2.75) is 40.0 Å². The van der Waals surface area contributed by atoms with E-state index in [1.807, 2.05) is 26.0 Å². The SMILES string of the molecule is CCC(F)(F)c1cccc(NC(=O)C2C(=O)N(c3ccc(OC)c(-c4cc(C)nc(C)c4)c3)N=C2C)c1. The summed E-state index contributed by atoms with van der Waals surface area (Å²) in [6.07, 6.45) is -0.366. The third kappa shape index (κ3) is 5.21. The van der Waals surface area contributed by atoms with Gasteiger partial charge < -0.3 is 10.1 Å². The van der Waals surface area contributed by atoms with Gasteiger partial charge in [-0.25, -0.2) is 8.78 Å². The lowest BCUT2D eigenvalue weighted by molar-refractivity contribution is -0.127. The predicted octanol–water partition coefficient (Wildman–Crippen LogP) is 5.85. The first-order chi connectivity index (χ1) is 17.5. The summed E-state index contributed by atoms with van der Waals surface area (Å²) in [7, 11) is 1.56. The lowest BCUT2D eigenvalue weighted by atomic mass is 10.0. The fourth-order valence-corrected chi connectivity index (χ4v) is 4.34. The van der Waals surface area contributed by atoms with E-state index >= 15 is 0 Å². The molecule has 1 aromatic heterocycles. The molecule has 192 valence electrons. The third-order valence-corrected chi connectivity index (χ3v) is 6.21. The number of carbonyl (C=O) groups excluding carboxylic acids is 2. The van der Waals surface area contributed by atoms with Crippen molar-refractivity contribution in [3.63, 3.8) is 0 Å². The van der Waals surface area contributed by atoms with Crippen molar-refractivity contribution in [1.82, 2.24) is 4.98 Å². The van der Waals surface area contributed by atoms with Gasteiger partial charge in [0.05, 0.1) is 18.5 Å². The molecule has 0 radical (unpaired) electrons. The Bertz CT molecular complexity index is 1380. The Hall–Kier alpha value is -4.14. The van der Waals surface area contributed by atoms with Gasteiger partial charge in [0.2, 0.25) is 5.91 Å². The molecule has 0 aliphatic carbocycles. The molecule has 3 aromatic rings. The molecule has 2 amide bonds. The van der Waals surface area contributed by atoms with Crippen LogP contribution in [0.2, 0.25) is 0 Å². The number of anilines is 2. The Morgan fingerprint density at radius 3 is 2.43 bits per heavy atom. The number of nitrogens with one attached hydrogen (secondary N) is 1. The normalized spacial score (nSPS) is 15.5. The number of rotatable bonds is 7. The number of halogens is 2. The minimum atomic E-state index is -3.02. The highest BCUT2D eigenvalue weighted by Crippen LogP contribution is 2.36. The van der Waals surface area contributed by atoms with Gasteiger partial charge in [0, 0.05) is 34.6 Å². The van der Waals surface area contributed by atoms with Gasteiger partial charge in [-0.2, -0.15) is 10.1 Å². The second-order valence-electron chi connectivity index (χ2n) is 8.98. The minimum Gasteiger partial charge on any atom is -0.496 e. The molecule has 1 aliphatic rings. The zero-order chi connectivity index (χ0) is 26.9. The number of amides is 2. The standard InChI is InChI=1S/C28H28F2N4O3/c1-6-28(29,30)20-8-7-9-21(14-20)32-26(35)25-18(4)33-34(27(25)36)22-10-11-24(37-5)23(15-22)19-12-16(2)31-17(3)13-19/h7-15,25H,6H2,1-5H3,(H,32,35). The van der Waals surface area contributed by atoms with Crippen molar-refractivity contribution in [2.24, 2.45) is 11.0 Å². The number of hydrazone groups is 1. The largest absolute Gasteiger partial charge is 0.496 e. The molecular weight excluding hydrogens is 478 g/mol. The summed E-state index contributed by atoms with van der Waals surface area (Å²) >= 11 is 0. The predicted molar refractivity (Wildman–Crippen MR) is 139 cm³/mol.